The van der Waals surface area contributed by atoms with Crippen LogP contribution in [0, 0.1) is 0 Å². The van der Waals surface area contributed by atoms with Gasteiger partial charge in [-0.05, 0) is 24.1 Å². The summed E-state index contributed by atoms with van der Waals surface area (Å²) in [6.07, 6.45) is 0.915. The number of rotatable bonds is 4. The van der Waals surface area contributed by atoms with Gasteiger partial charge < -0.3 is 4.74 Å². The van der Waals surface area contributed by atoms with Crippen LogP contribution in [-0.2, 0) is 16.0 Å². The summed E-state index contributed by atoms with van der Waals surface area (Å²) in [5.41, 5.74) is 1.11. The highest BCUT2D eigenvalue weighted by atomic mass is 79.9. The standard InChI is InChI=1S/C11H12BrClO2/c1-15-11(14)7-10(13)6-8-2-4-9(12)5-3-8/h2-5,10H,6-7H2,1H3. The summed E-state index contributed by atoms with van der Waals surface area (Å²) in [5.74, 6) is -0.271. The van der Waals surface area contributed by atoms with Crippen LogP contribution in [0.2, 0.25) is 0 Å². The van der Waals surface area contributed by atoms with Crippen molar-refractivity contribution < 1.29 is 9.53 Å². The highest BCUT2D eigenvalue weighted by molar-refractivity contribution is 9.10. The molecule has 1 aromatic rings. The molecule has 1 unspecified atom stereocenters. The lowest BCUT2D eigenvalue weighted by Gasteiger charge is -2.07. The minimum Gasteiger partial charge on any atom is -0.469 e. The third-order valence-corrected chi connectivity index (χ3v) is 2.82. The number of hydrogen-bond acceptors (Lipinski definition) is 2. The summed E-state index contributed by atoms with van der Waals surface area (Å²) in [6.45, 7) is 0. The summed E-state index contributed by atoms with van der Waals surface area (Å²) in [5, 5.41) is -0.210. The van der Waals surface area contributed by atoms with Gasteiger partial charge in [0, 0.05) is 9.85 Å². The summed E-state index contributed by atoms with van der Waals surface area (Å²) in [6, 6.07) is 7.88. The average molecular weight is 292 g/mol. The summed E-state index contributed by atoms with van der Waals surface area (Å²) in [7, 11) is 1.37. The molecule has 82 valence electrons. The predicted molar refractivity (Wildman–Crippen MR) is 64.1 cm³/mol. The van der Waals surface area contributed by atoms with E-state index in [9.17, 15) is 4.79 Å². The lowest BCUT2D eigenvalue weighted by Crippen LogP contribution is -2.11. The Kier molecular flexibility index (Phi) is 5.12. The Bertz CT molecular complexity index is 324. The van der Waals surface area contributed by atoms with Crippen molar-refractivity contribution in [3.63, 3.8) is 0 Å². The largest absolute Gasteiger partial charge is 0.469 e. The Labute approximate surface area is 103 Å². The Morgan fingerprint density at radius 2 is 2.07 bits per heavy atom. The number of hydrogen-bond donors (Lipinski definition) is 0. The molecule has 1 aromatic carbocycles. The monoisotopic (exact) mass is 290 g/mol. The van der Waals surface area contributed by atoms with Crippen LogP contribution >= 0.6 is 27.5 Å². The first kappa shape index (κ1) is 12.5. The molecule has 2 nitrogen and oxygen atoms in total. The molecule has 0 amide bonds. The number of alkyl halides is 1. The molecule has 4 heteroatoms. The van der Waals surface area contributed by atoms with Crippen molar-refractivity contribution in [3.05, 3.63) is 34.3 Å². The molecule has 1 atom stereocenters. The van der Waals surface area contributed by atoms with Crippen LogP contribution in [0.15, 0.2) is 28.7 Å². The minimum atomic E-state index is -0.271. The van der Waals surface area contributed by atoms with Crippen LogP contribution in [0.1, 0.15) is 12.0 Å². The van der Waals surface area contributed by atoms with E-state index in [1.54, 1.807) is 0 Å². The SMILES string of the molecule is COC(=O)CC(Cl)Cc1ccc(Br)cc1. The summed E-state index contributed by atoms with van der Waals surface area (Å²) >= 11 is 9.37. The molecular weight excluding hydrogens is 279 g/mol. The third-order valence-electron chi connectivity index (χ3n) is 1.99. The second-order valence-corrected chi connectivity index (χ2v) is 4.74. The number of benzene rings is 1. The van der Waals surface area contributed by atoms with E-state index in [2.05, 4.69) is 20.7 Å². The van der Waals surface area contributed by atoms with Crippen LogP contribution in [0.5, 0.6) is 0 Å². The van der Waals surface area contributed by atoms with Crippen molar-refractivity contribution in [2.45, 2.75) is 18.2 Å². The van der Waals surface area contributed by atoms with E-state index in [1.165, 1.54) is 7.11 Å². The minimum absolute atomic E-state index is 0.210. The second-order valence-electron chi connectivity index (χ2n) is 3.21. The molecule has 0 saturated heterocycles. The van der Waals surface area contributed by atoms with Crippen molar-refractivity contribution in [1.82, 2.24) is 0 Å². The Morgan fingerprint density at radius 1 is 1.47 bits per heavy atom. The van der Waals surface area contributed by atoms with Gasteiger partial charge in [-0.3, -0.25) is 4.79 Å². The van der Waals surface area contributed by atoms with Gasteiger partial charge in [0.1, 0.15) is 0 Å². The highest BCUT2D eigenvalue weighted by Gasteiger charge is 2.11. The number of ether oxygens (including phenoxy) is 1. The van der Waals surface area contributed by atoms with E-state index in [0.29, 0.717) is 6.42 Å². The van der Waals surface area contributed by atoms with Gasteiger partial charge in [0.05, 0.1) is 13.5 Å². The zero-order chi connectivity index (χ0) is 11.3. The summed E-state index contributed by atoms with van der Waals surface area (Å²) < 4.78 is 5.58. The van der Waals surface area contributed by atoms with Crippen molar-refractivity contribution in [1.29, 1.82) is 0 Å². The van der Waals surface area contributed by atoms with E-state index in [4.69, 9.17) is 11.6 Å². The predicted octanol–water partition coefficient (Wildman–Crippen LogP) is 3.16. The van der Waals surface area contributed by atoms with Gasteiger partial charge in [-0.25, -0.2) is 0 Å². The van der Waals surface area contributed by atoms with E-state index < -0.39 is 0 Å². The van der Waals surface area contributed by atoms with Crippen molar-refractivity contribution >= 4 is 33.5 Å². The molecule has 0 radical (unpaired) electrons. The van der Waals surface area contributed by atoms with Gasteiger partial charge in [0.2, 0.25) is 0 Å². The molecule has 0 spiro atoms. The molecule has 0 aliphatic rings. The second kappa shape index (κ2) is 6.13. The van der Waals surface area contributed by atoms with E-state index in [-0.39, 0.29) is 17.8 Å². The van der Waals surface area contributed by atoms with Gasteiger partial charge in [-0.2, -0.15) is 0 Å². The van der Waals surface area contributed by atoms with E-state index in [1.807, 2.05) is 24.3 Å². The number of halogens is 2. The first-order valence-electron chi connectivity index (χ1n) is 4.57. The number of carbonyl (C=O) groups is 1. The quantitative estimate of drug-likeness (QED) is 0.629. The van der Waals surface area contributed by atoms with Crippen molar-refractivity contribution in [2.24, 2.45) is 0 Å². The number of carbonyl (C=O) groups excluding carboxylic acids is 1. The summed E-state index contributed by atoms with van der Waals surface area (Å²) in [4.78, 5) is 11.0. The highest BCUT2D eigenvalue weighted by Crippen LogP contribution is 2.15. The fraction of sp³-hybridized carbons (Fsp3) is 0.364. The fourth-order valence-corrected chi connectivity index (χ4v) is 1.78. The van der Waals surface area contributed by atoms with Gasteiger partial charge in [0.15, 0.2) is 0 Å². The maximum atomic E-state index is 11.0. The molecule has 0 heterocycles. The zero-order valence-electron chi connectivity index (χ0n) is 8.37. The van der Waals surface area contributed by atoms with Crippen LogP contribution in [0.3, 0.4) is 0 Å². The van der Waals surface area contributed by atoms with Crippen LogP contribution in [0.25, 0.3) is 0 Å². The molecule has 0 aliphatic heterocycles. The molecule has 0 aromatic heterocycles. The Balaban J connectivity index is 2.47. The van der Waals surface area contributed by atoms with E-state index in [0.717, 1.165) is 10.0 Å². The van der Waals surface area contributed by atoms with Gasteiger partial charge >= 0.3 is 5.97 Å². The Hall–Kier alpha value is -0.540. The van der Waals surface area contributed by atoms with Gasteiger partial charge in [-0.1, -0.05) is 28.1 Å². The molecule has 0 fully saturated rings. The molecule has 0 bridgehead atoms. The average Bonchev–Trinajstić information content (AvgIpc) is 2.21. The first-order chi connectivity index (χ1) is 7.11. The van der Waals surface area contributed by atoms with Gasteiger partial charge in [0.25, 0.3) is 0 Å². The van der Waals surface area contributed by atoms with Crippen molar-refractivity contribution in [2.75, 3.05) is 7.11 Å². The molecular formula is C11H12BrClO2. The van der Waals surface area contributed by atoms with Crippen LogP contribution in [-0.4, -0.2) is 18.5 Å². The topological polar surface area (TPSA) is 26.3 Å². The molecule has 1 rings (SSSR count). The number of methoxy groups -OCH3 is 1. The maximum Gasteiger partial charge on any atom is 0.307 e. The maximum absolute atomic E-state index is 11.0. The lowest BCUT2D eigenvalue weighted by molar-refractivity contribution is -0.140. The van der Waals surface area contributed by atoms with Crippen LogP contribution < -0.4 is 0 Å². The molecule has 0 N–H and O–H groups in total. The first-order valence-corrected chi connectivity index (χ1v) is 5.80. The van der Waals surface area contributed by atoms with Crippen LogP contribution in [0.4, 0.5) is 0 Å². The normalized spacial score (nSPS) is 12.2. The zero-order valence-corrected chi connectivity index (χ0v) is 10.7. The smallest absolute Gasteiger partial charge is 0.307 e. The number of esters is 1. The van der Waals surface area contributed by atoms with E-state index >= 15 is 0 Å². The molecule has 0 aliphatic carbocycles. The lowest BCUT2D eigenvalue weighted by atomic mass is 10.1. The molecule has 0 saturated carbocycles. The van der Waals surface area contributed by atoms with Gasteiger partial charge in [-0.15, -0.1) is 11.6 Å². The van der Waals surface area contributed by atoms with Crippen molar-refractivity contribution in [3.8, 4) is 0 Å². The Morgan fingerprint density at radius 3 is 2.60 bits per heavy atom. The third kappa shape index (κ3) is 4.67. The fourth-order valence-electron chi connectivity index (χ4n) is 1.21. The molecule has 15 heavy (non-hydrogen) atoms.